The monoisotopic (exact) mass is 469 g/mol. The topological polar surface area (TPSA) is 81.7 Å². The van der Waals surface area contributed by atoms with E-state index in [4.69, 9.17) is 9.47 Å². The van der Waals surface area contributed by atoms with E-state index in [1.54, 1.807) is 41.5 Å². The minimum absolute atomic E-state index is 0.0182. The normalized spacial score (nSPS) is 17.2. The van der Waals surface area contributed by atoms with Crippen molar-refractivity contribution in [2.75, 3.05) is 0 Å². The van der Waals surface area contributed by atoms with Gasteiger partial charge in [-0.25, -0.2) is 0 Å². The molecule has 0 saturated heterocycles. The fourth-order valence-corrected chi connectivity index (χ4v) is 5.40. The third-order valence-corrected chi connectivity index (χ3v) is 6.77. The molecule has 0 fully saturated rings. The van der Waals surface area contributed by atoms with Crippen LogP contribution in [0.15, 0.2) is 24.3 Å². The molecule has 1 amide bonds. The molecular formula is C22H31NO5Se. The molecule has 160 valence electrons. The van der Waals surface area contributed by atoms with Gasteiger partial charge in [-0.05, 0) is 0 Å². The summed E-state index contributed by atoms with van der Waals surface area (Å²) in [5.74, 6) is -1.10. The predicted octanol–water partition coefficient (Wildman–Crippen LogP) is 2.31. The van der Waals surface area contributed by atoms with Crippen LogP contribution in [-0.2, 0) is 30.3 Å². The Hall–Kier alpha value is -1.85. The van der Waals surface area contributed by atoms with Crippen molar-refractivity contribution in [2.45, 2.75) is 82.9 Å². The summed E-state index contributed by atoms with van der Waals surface area (Å²) >= 11 is 0.0182. The number of benzene rings is 1. The van der Waals surface area contributed by atoms with Gasteiger partial charge in [-0.1, -0.05) is 0 Å². The SMILES string of the molecule is CC(C)(C)OC(=O)CC[C@H](NC(=O)[C@H]1Cc2ccccc2[Se]1)C(=O)OC(C)(C)C. The summed E-state index contributed by atoms with van der Waals surface area (Å²) in [7, 11) is 0. The summed E-state index contributed by atoms with van der Waals surface area (Å²) in [4.78, 5) is 37.4. The molecule has 0 unspecified atom stereocenters. The second kappa shape index (κ2) is 9.31. The molecule has 1 heterocycles. The standard InChI is InChI=1S/C22H31NO5Se/c1-21(2,3)27-18(24)12-11-15(20(26)28-22(4,5)6)23-19(25)17-13-14-9-7-8-10-16(14)29-17/h7-10,15,17H,11-13H2,1-6H3,(H,23,25)/t15-,17+/m0/s1. The van der Waals surface area contributed by atoms with Crippen molar-refractivity contribution in [1.29, 1.82) is 0 Å². The Morgan fingerprint density at radius 2 is 1.69 bits per heavy atom. The second-order valence-corrected chi connectivity index (χ2v) is 11.7. The molecule has 6 nitrogen and oxygen atoms in total. The minimum atomic E-state index is -0.881. The maximum atomic E-state index is 12.8. The first-order valence-corrected chi connectivity index (χ1v) is 11.7. The molecule has 7 heteroatoms. The van der Waals surface area contributed by atoms with E-state index in [9.17, 15) is 14.4 Å². The molecule has 0 saturated carbocycles. The number of carbonyl (C=O) groups is 3. The van der Waals surface area contributed by atoms with E-state index in [0.29, 0.717) is 6.42 Å². The van der Waals surface area contributed by atoms with Gasteiger partial charge in [0, 0.05) is 0 Å². The maximum absolute atomic E-state index is 12.8. The van der Waals surface area contributed by atoms with E-state index in [2.05, 4.69) is 11.4 Å². The number of ether oxygens (including phenoxy) is 2. The fourth-order valence-electron chi connectivity index (χ4n) is 2.87. The van der Waals surface area contributed by atoms with Gasteiger partial charge in [0.05, 0.1) is 0 Å². The molecular weight excluding hydrogens is 437 g/mol. The Kier molecular flexibility index (Phi) is 7.52. The van der Waals surface area contributed by atoms with Crippen LogP contribution >= 0.6 is 0 Å². The number of hydrogen-bond donors (Lipinski definition) is 1. The van der Waals surface area contributed by atoms with Crippen molar-refractivity contribution >= 4 is 37.3 Å². The number of nitrogens with one attached hydrogen (secondary N) is 1. The zero-order valence-electron chi connectivity index (χ0n) is 18.0. The van der Waals surface area contributed by atoms with Crippen LogP contribution in [0, 0.1) is 0 Å². The average Bonchev–Trinajstić information content (AvgIpc) is 2.99. The second-order valence-electron chi connectivity index (χ2n) is 9.14. The van der Waals surface area contributed by atoms with E-state index in [-0.39, 0.29) is 38.5 Å². The van der Waals surface area contributed by atoms with Gasteiger partial charge < -0.3 is 0 Å². The molecule has 0 spiro atoms. The molecule has 0 bridgehead atoms. The number of fused-ring (bicyclic) bond motifs is 1. The van der Waals surface area contributed by atoms with Crippen molar-refractivity contribution in [1.82, 2.24) is 5.32 Å². The van der Waals surface area contributed by atoms with Crippen molar-refractivity contribution in [2.24, 2.45) is 0 Å². The van der Waals surface area contributed by atoms with Crippen molar-refractivity contribution in [3.05, 3.63) is 29.8 Å². The number of hydrogen-bond acceptors (Lipinski definition) is 5. The Morgan fingerprint density at radius 3 is 2.28 bits per heavy atom. The molecule has 1 aromatic rings. The summed E-state index contributed by atoms with van der Waals surface area (Å²) in [6, 6.07) is 7.16. The van der Waals surface area contributed by atoms with Crippen LogP contribution in [-0.4, -0.2) is 50.0 Å². The number of esters is 2. The molecule has 2 rings (SSSR count). The van der Waals surface area contributed by atoms with Crippen LogP contribution < -0.4 is 9.78 Å². The van der Waals surface area contributed by atoms with Gasteiger partial charge in [-0.3, -0.25) is 0 Å². The van der Waals surface area contributed by atoms with Crippen LogP contribution in [0.2, 0.25) is 4.82 Å². The van der Waals surface area contributed by atoms with Gasteiger partial charge in [0.2, 0.25) is 0 Å². The number of amides is 1. The summed E-state index contributed by atoms with van der Waals surface area (Å²) in [5, 5.41) is 2.83. The van der Waals surface area contributed by atoms with Crippen LogP contribution in [0.4, 0.5) is 0 Å². The Morgan fingerprint density at radius 1 is 1.07 bits per heavy atom. The van der Waals surface area contributed by atoms with E-state index in [0.717, 1.165) is 0 Å². The quantitative estimate of drug-likeness (QED) is 0.512. The third kappa shape index (κ3) is 7.82. The molecule has 1 aliphatic heterocycles. The van der Waals surface area contributed by atoms with Gasteiger partial charge in [0.1, 0.15) is 0 Å². The molecule has 1 N–H and O–H groups in total. The van der Waals surface area contributed by atoms with E-state index in [1.165, 1.54) is 10.0 Å². The molecule has 0 aromatic heterocycles. The predicted molar refractivity (Wildman–Crippen MR) is 112 cm³/mol. The first-order valence-electron chi connectivity index (χ1n) is 9.84. The Labute approximate surface area is 179 Å². The first kappa shape index (κ1) is 23.4. The number of rotatable bonds is 6. The van der Waals surface area contributed by atoms with Gasteiger partial charge in [-0.2, -0.15) is 0 Å². The molecule has 0 radical (unpaired) electrons. The van der Waals surface area contributed by atoms with Crippen LogP contribution in [0.25, 0.3) is 0 Å². The summed E-state index contributed by atoms with van der Waals surface area (Å²) < 4.78 is 12.0. The third-order valence-electron chi connectivity index (χ3n) is 4.00. The zero-order valence-corrected chi connectivity index (χ0v) is 19.7. The molecule has 1 aromatic carbocycles. The van der Waals surface area contributed by atoms with Crippen LogP contribution in [0.3, 0.4) is 0 Å². The molecule has 1 aliphatic rings. The van der Waals surface area contributed by atoms with E-state index < -0.39 is 29.2 Å². The van der Waals surface area contributed by atoms with Gasteiger partial charge in [0.25, 0.3) is 0 Å². The number of carbonyl (C=O) groups excluding carboxylic acids is 3. The van der Waals surface area contributed by atoms with Crippen molar-refractivity contribution in [3.63, 3.8) is 0 Å². The van der Waals surface area contributed by atoms with Crippen LogP contribution in [0.5, 0.6) is 0 Å². The molecule has 0 aliphatic carbocycles. The fraction of sp³-hybridized carbons (Fsp3) is 0.591. The van der Waals surface area contributed by atoms with Crippen LogP contribution in [0.1, 0.15) is 59.9 Å². The van der Waals surface area contributed by atoms with Gasteiger partial charge in [0.15, 0.2) is 0 Å². The summed E-state index contributed by atoms with van der Waals surface area (Å²) in [6.07, 6.45) is 0.842. The molecule has 29 heavy (non-hydrogen) atoms. The zero-order chi connectivity index (χ0) is 21.8. The van der Waals surface area contributed by atoms with Crippen molar-refractivity contribution in [3.8, 4) is 0 Å². The summed E-state index contributed by atoms with van der Waals surface area (Å²) in [6.45, 7) is 10.7. The average molecular weight is 468 g/mol. The van der Waals surface area contributed by atoms with Crippen molar-refractivity contribution < 1.29 is 23.9 Å². The van der Waals surface area contributed by atoms with Gasteiger partial charge in [-0.15, -0.1) is 0 Å². The van der Waals surface area contributed by atoms with E-state index in [1.807, 2.05) is 18.2 Å². The Bertz CT molecular complexity index is 738. The Balaban J connectivity index is 2.02. The van der Waals surface area contributed by atoms with Gasteiger partial charge >= 0.3 is 179 Å². The first-order chi connectivity index (χ1) is 13.3. The molecule has 2 atom stereocenters. The van der Waals surface area contributed by atoms with E-state index >= 15 is 0 Å². The summed E-state index contributed by atoms with van der Waals surface area (Å²) in [5.41, 5.74) is -0.0883.